The fraction of sp³-hybridized carbons (Fsp3) is 0.500. The molecule has 0 spiro atoms. The summed E-state index contributed by atoms with van der Waals surface area (Å²) in [7, 11) is 0. The number of H-pyrrole nitrogens is 2. The summed E-state index contributed by atoms with van der Waals surface area (Å²) in [5, 5.41) is 3.16. The van der Waals surface area contributed by atoms with Crippen LogP contribution in [-0.4, -0.2) is 46.5 Å². The molecule has 92 valence electrons. The van der Waals surface area contributed by atoms with E-state index < -0.39 is 11.2 Å². The van der Waals surface area contributed by atoms with Gasteiger partial charge in [-0.05, 0) is 6.92 Å². The van der Waals surface area contributed by atoms with Crippen molar-refractivity contribution in [2.75, 3.05) is 19.6 Å². The van der Waals surface area contributed by atoms with E-state index in [1.165, 1.54) is 0 Å². The van der Waals surface area contributed by atoms with Crippen LogP contribution in [0.25, 0.3) is 0 Å². The molecule has 17 heavy (non-hydrogen) atoms. The first-order chi connectivity index (χ1) is 8.09. The molecule has 1 aliphatic heterocycles. The maximum Gasteiger partial charge on any atom is 0.325 e. The van der Waals surface area contributed by atoms with Crippen molar-refractivity contribution in [3.63, 3.8) is 0 Å². The average molecular weight is 238 g/mol. The van der Waals surface area contributed by atoms with Crippen molar-refractivity contribution in [2.24, 2.45) is 0 Å². The quantitative estimate of drug-likeness (QED) is 0.554. The first-order valence-corrected chi connectivity index (χ1v) is 5.43. The summed E-state index contributed by atoms with van der Waals surface area (Å²) in [6.07, 6.45) is 1.16. The molecule has 3 N–H and O–H groups in total. The molecular weight excluding hydrogens is 224 g/mol. The first-order valence-electron chi connectivity index (χ1n) is 5.43. The molecule has 1 unspecified atom stereocenters. The van der Waals surface area contributed by atoms with E-state index in [0.717, 1.165) is 6.20 Å². The van der Waals surface area contributed by atoms with E-state index >= 15 is 0 Å². The van der Waals surface area contributed by atoms with Gasteiger partial charge in [-0.15, -0.1) is 0 Å². The van der Waals surface area contributed by atoms with Crippen molar-refractivity contribution in [1.29, 1.82) is 0 Å². The average Bonchev–Trinajstić information content (AvgIpc) is 2.29. The highest BCUT2D eigenvalue weighted by Gasteiger charge is 2.25. The van der Waals surface area contributed by atoms with Crippen molar-refractivity contribution in [3.05, 3.63) is 32.6 Å². The molecule has 0 bridgehead atoms. The lowest BCUT2D eigenvalue weighted by Gasteiger charge is -2.33. The Morgan fingerprint density at radius 3 is 2.88 bits per heavy atom. The highest BCUT2D eigenvalue weighted by Crippen LogP contribution is 2.06. The standard InChI is InChI=1S/C10H14N4O3/c1-6-4-11-2-3-14(6)9(16)7-5-12-10(17)13-8(7)15/h5-6,11H,2-4H2,1H3,(H2,12,13,15,17). The zero-order valence-electron chi connectivity index (χ0n) is 9.45. The highest BCUT2D eigenvalue weighted by atomic mass is 16.2. The van der Waals surface area contributed by atoms with Gasteiger partial charge in [0.15, 0.2) is 0 Å². The second-order valence-corrected chi connectivity index (χ2v) is 4.04. The highest BCUT2D eigenvalue weighted by molar-refractivity contribution is 5.93. The van der Waals surface area contributed by atoms with Gasteiger partial charge in [-0.1, -0.05) is 0 Å². The summed E-state index contributed by atoms with van der Waals surface area (Å²) in [4.78, 5) is 40.4. The number of nitrogens with zero attached hydrogens (tertiary/aromatic N) is 1. The van der Waals surface area contributed by atoms with Crippen LogP contribution in [-0.2, 0) is 0 Å². The van der Waals surface area contributed by atoms with Crippen LogP contribution in [0.4, 0.5) is 0 Å². The van der Waals surface area contributed by atoms with E-state index in [1.807, 2.05) is 11.9 Å². The van der Waals surface area contributed by atoms with Gasteiger partial charge in [0.25, 0.3) is 11.5 Å². The van der Waals surface area contributed by atoms with Crippen LogP contribution in [0.15, 0.2) is 15.8 Å². The molecular formula is C10H14N4O3. The molecule has 0 saturated carbocycles. The van der Waals surface area contributed by atoms with Gasteiger partial charge in [0.2, 0.25) is 0 Å². The molecule has 1 fully saturated rings. The summed E-state index contributed by atoms with van der Waals surface area (Å²) in [5.74, 6) is -0.350. The lowest BCUT2D eigenvalue weighted by molar-refractivity contribution is 0.0653. The zero-order chi connectivity index (χ0) is 12.4. The summed E-state index contributed by atoms with van der Waals surface area (Å²) >= 11 is 0. The Morgan fingerprint density at radius 2 is 2.24 bits per heavy atom. The van der Waals surface area contributed by atoms with E-state index in [9.17, 15) is 14.4 Å². The van der Waals surface area contributed by atoms with Crippen LogP contribution in [0.1, 0.15) is 17.3 Å². The number of aromatic amines is 2. The lowest BCUT2D eigenvalue weighted by atomic mass is 10.2. The minimum absolute atomic E-state index is 0.0293. The predicted molar refractivity (Wildman–Crippen MR) is 61.1 cm³/mol. The fourth-order valence-corrected chi connectivity index (χ4v) is 1.87. The smallest absolute Gasteiger partial charge is 0.325 e. The molecule has 1 aromatic rings. The SMILES string of the molecule is CC1CNCCN1C(=O)c1c[nH]c(=O)[nH]c1=O. The third-order valence-electron chi connectivity index (χ3n) is 2.81. The van der Waals surface area contributed by atoms with Crippen LogP contribution in [0.3, 0.4) is 0 Å². The second-order valence-electron chi connectivity index (χ2n) is 4.04. The van der Waals surface area contributed by atoms with Gasteiger partial charge < -0.3 is 15.2 Å². The molecule has 0 radical (unpaired) electrons. The van der Waals surface area contributed by atoms with Gasteiger partial charge in [-0.25, -0.2) is 4.79 Å². The minimum atomic E-state index is -0.649. The summed E-state index contributed by atoms with van der Waals surface area (Å²) < 4.78 is 0. The molecule has 7 nitrogen and oxygen atoms in total. The van der Waals surface area contributed by atoms with Gasteiger partial charge >= 0.3 is 5.69 Å². The minimum Gasteiger partial charge on any atom is -0.333 e. The third kappa shape index (κ3) is 2.28. The van der Waals surface area contributed by atoms with E-state index in [-0.39, 0.29) is 17.5 Å². The van der Waals surface area contributed by atoms with Gasteiger partial charge in [0, 0.05) is 31.9 Å². The number of nitrogens with one attached hydrogen (secondary N) is 3. The van der Waals surface area contributed by atoms with Crippen molar-refractivity contribution < 1.29 is 4.79 Å². The second kappa shape index (κ2) is 4.54. The Labute approximate surface area is 96.8 Å². The number of carbonyl (C=O) groups is 1. The van der Waals surface area contributed by atoms with Crippen molar-refractivity contribution in [1.82, 2.24) is 20.2 Å². The molecule has 7 heteroatoms. The zero-order valence-corrected chi connectivity index (χ0v) is 9.45. The van der Waals surface area contributed by atoms with Crippen LogP contribution >= 0.6 is 0 Å². The number of amides is 1. The first kappa shape index (κ1) is 11.6. The normalized spacial score (nSPS) is 20.3. The molecule has 1 atom stereocenters. The Morgan fingerprint density at radius 1 is 1.47 bits per heavy atom. The summed E-state index contributed by atoms with van der Waals surface area (Å²) in [6, 6.07) is 0.0302. The largest absolute Gasteiger partial charge is 0.333 e. The molecule has 1 saturated heterocycles. The van der Waals surface area contributed by atoms with Gasteiger partial charge in [0.05, 0.1) is 0 Å². The third-order valence-corrected chi connectivity index (χ3v) is 2.81. The Balaban J connectivity index is 2.30. The lowest BCUT2D eigenvalue weighted by Crippen LogP contribution is -2.53. The van der Waals surface area contributed by atoms with Crippen molar-refractivity contribution in [3.8, 4) is 0 Å². The molecule has 1 aliphatic rings. The van der Waals surface area contributed by atoms with E-state index in [4.69, 9.17) is 0 Å². The molecule has 1 amide bonds. The topological polar surface area (TPSA) is 98.1 Å². The maximum atomic E-state index is 12.1. The summed E-state index contributed by atoms with van der Waals surface area (Å²) in [6.45, 7) is 3.87. The molecule has 2 rings (SSSR count). The molecule has 2 heterocycles. The Kier molecular flexibility index (Phi) is 3.10. The van der Waals surface area contributed by atoms with E-state index in [2.05, 4.69) is 10.3 Å². The Bertz CT molecular complexity index is 533. The van der Waals surface area contributed by atoms with Crippen LogP contribution < -0.4 is 16.6 Å². The predicted octanol–water partition coefficient (Wildman–Crippen LogP) is -1.50. The van der Waals surface area contributed by atoms with Crippen LogP contribution in [0.5, 0.6) is 0 Å². The molecule has 0 aromatic carbocycles. The van der Waals surface area contributed by atoms with Crippen molar-refractivity contribution in [2.45, 2.75) is 13.0 Å². The monoisotopic (exact) mass is 238 g/mol. The van der Waals surface area contributed by atoms with Crippen LogP contribution in [0, 0.1) is 0 Å². The Hall–Kier alpha value is -1.89. The number of carbonyl (C=O) groups excluding carboxylic acids is 1. The van der Waals surface area contributed by atoms with Gasteiger partial charge in [0.1, 0.15) is 5.56 Å². The summed E-state index contributed by atoms with van der Waals surface area (Å²) in [5.41, 5.74) is -1.29. The number of hydrogen-bond acceptors (Lipinski definition) is 4. The van der Waals surface area contributed by atoms with Gasteiger partial charge in [-0.2, -0.15) is 0 Å². The van der Waals surface area contributed by atoms with Gasteiger partial charge in [-0.3, -0.25) is 14.6 Å². The number of aromatic nitrogens is 2. The maximum absolute atomic E-state index is 12.1. The van der Waals surface area contributed by atoms with E-state index in [1.54, 1.807) is 4.90 Å². The molecule has 1 aromatic heterocycles. The molecule has 0 aliphatic carbocycles. The van der Waals surface area contributed by atoms with E-state index in [0.29, 0.717) is 19.6 Å². The number of rotatable bonds is 1. The fourth-order valence-electron chi connectivity index (χ4n) is 1.87. The van der Waals surface area contributed by atoms with Crippen LogP contribution in [0.2, 0.25) is 0 Å². The number of hydrogen-bond donors (Lipinski definition) is 3. The van der Waals surface area contributed by atoms with Crippen molar-refractivity contribution >= 4 is 5.91 Å². The number of piperazine rings is 1.